The Balaban J connectivity index is 2.68. The summed E-state index contributed by atoms with van der Waals surface area (Å²) in [5.41, 5.74) is -1.50. The summed E-state index contributed by atoms with van der Waals surface area (Å²) < 4.78 is 65.3. The van der Waals surface area contributed by atoms with Crippen LogP contribution in [0, 0.1) is 30.1 Å². The summed E-state index contributed by atoms with van der Waals surface area (Å²) in [6, 6.07) is 5.07. The third kappa shape index (κ3) is 11.0. The fourth-order valence-corrected chi connectivity index (χ4v) is 7.01. The predicted octanol–water partition coefficient (Wildman–Crippen LogP) is 7.79. The van der Waals surface area contributed by atoms with Crippen molar-refractivity contribution in [2.75, 3.05) is 13.2 Å². The second-order valence-corrected chi connectivity index (χ2v) is 14.9. The predicted molar refractivity (Wildman–Crippen MR) is 180 cm³/mol. The summed E-state index contributed by atoms with van der Waals surface area (Å²) >= 11 is 0. The highest BCUT2D eigenvalue weighted by atomic mass is 32.2. The summed E-state index contributed by atoms with van der Waals surface area (Å²) in [5, 5.41) is 28.8. The van der Waals surface area contributed by atoms with E-state index in [1.807, 2.05) is 33.8 Å². The summed E-state index contributed by atoms with van der Waals surface area (Å²) in [5.74, 6) is -0.522. The zero-order valence-electron chi connectivity index (χ0n) is 28.5. The van der Waals surface area contributed by atoms with E-state index in [9.17, 15) is 32.0 Å². The molecule has 2 aromatic rings. The van der Waals surface area contributed by atoms with Gasteiger partial charge >= 0.3 is 0 Å². The van der Waals surface area contributed by atoms with Crippen molar-refractivity contribution in [1.82, 2.24) is 4.57 Å². The third-order valence-corrected chi connectivity index (χ3v) is 10.9. The second kappa shape index (κ2) is 19.0. The van der Waals surface area contributed by atoms with Crippen molar-refractivity contribution < 1.29 is 30.3 Å². The Hall–Kier alpha value is -3.12. The van der Waals surface area contributed by atoms with Gasteiger partial charge in [0.25, 0.3) is 25.8 Å². The first-order valence-corrected chi connectivity index (χ1v) is 19.3. The number of azo groups is 1. The summed E-state index contributed by atoms with van der Waals surface area (Å²) in [6.45, 7) is 11.3. The van der Waals surface area contributed by atoms with Gasteiger partial charge in [0.1, 0.15) is 22.2 Å². The van der Waals surface area contributed by atoms with Crippen LogP contribution in [0.1, 0.15) is 110 Å². The average molecular weight is 695 g/mol. The minimum Gasteiger partial charge on any atom is -0.493 e. The molecule has 1 aromatic carbocycles. The second-order valence-electron chi connectivity index (χ2n) is 11.7. The van der Waals surface area contributed by atoms with Gasteiger partial charge in [0.15, 0.2) is 5.69 Å². The highest BCUT2D eigenvalue weighted by molar-refractivity contribution is 7.87. The first-order valence-electron chi connectivity index (χ1n) is 16.5. The highest BCUT2D eigenvalue weighted by Gasteiger charge is 2.26. The number of rotatable bonds is 21. The number of pyridine rings is 1. The molecule has 2 unspecified atom stereocenters. The van der Waals surface area contributed by atoms with E-state index in [0.29, 0.717) is 19.3 Å². The average Bonchev–Trinajstić information content (AvgIpc) is 3.05. The summed E-state index contributed by atoms with van der Waals surface area (Å²) in [6.07, 6.45) is 8.04. The van der Waals surface area contributed by atoms with Gasteiger partial charge < -0.3 is 5.11 Å². The first-order chi connectivity index (χ1) is 22.3. The van der Waals surface area contributed by atoms with E-state index >= 15 is 0 Å². The van der Waals surface area contributed by atoms with Gasteiger partial charge in [-0.05, 0) is 56.2 Å². The molecule has 1 aromatic heterocycles. The Morgan fingerprint density at radius 3 is 1.94 bits per heavy atom. The van der Waals surface area contributed by atoms with Gasteiger partial charge in [0.2, 0.25) is 5.88 Å². The van der Waals surface area contributed by atoms with Crippen LogP contribution in [0.4, 0.5) is 11.4 Å². The van der Waals surface area contributed by atoms with Crippen molar-refractivity contribution in [3.05, 3.63) is 39.7 Å². The van der Waals surface area contributed by atoms with Crippen molar-refractivity contribution in [3.8, 4) is 11.9 Å². The fourth-order valence-electron chi connectivity index (χ4n) is 4.93. The molecule has 14 heteroatoms. The smallest absolute Gasteiger partial charge is 0.299 e. The minimum absolute atomic E-state index is 0.00440. The van der Waals surface area contributed by atoms with Gasteiger partial charge in [-0.15, -0.1) is 10.2 Å². The number of hydrogen-bond acceptors (Lipinski definition) is 11. The SMILES string of the molecule is CCCCC(CC)COS(=O)(=O)c1ccc(S(=O)(=O)OCC(CC)CCCC)c(/N=N/c2c(C)c(C#N)c(=O)n(CCCC)c2O)c1. The Kier molecular flexibility index (Phi) is 16.2. The maximum Gasteiger partial charge on any atom is 0.299 e. The van der Waals surface area contributed by atoms with Crippen LogP contribution in [0.15, 0.2) is 43.0 Å². The van der Waals surface area contributed by atoms with Crippen molar-refractivity contribution in [1.29, 1.82) is 5.26 Å². The molecule has 0 aliphatic carbocycles. The fraction of sp³-hybridized carbons (Fsp3) is 0.636. The molecule has 0 amide bonds. The molecule has 2 rings (SSSR count). The van der Waals surface area contributed by atoms with E-state index in [1.54, 1.807) is 0 Å². The van der Waals surface area contributed by atoms with Gasteiger partial charge in [-0.25, -0.2) is 0 Å². The summed E-state index contributed by atoms with van der Waals surface area (Å²) in [7, 11) is -8.77. The Morgan fingerprint density at radius 1 is 0.872 bits per heavy atom. The van der Waals surface area contributed by atoms with Crippen LogP contribution in [0.3, 0.4) is 0 Å². The molecule has 0 radical (unpaired) electrons. The lowest BCUT2D eigenvalue weighted by Gasteiger charge is -2.16. The van der Waals surface area contributed by atoms with E-state index in [0.717, 1.165) is 67.7 Å². The number of hydrogen-bond donors (Lipinski definition) is 1. The number of unbranched alkanes of at least 4 members (excludes halogenated alkanes) is 3. The van der Waals surface area contributed by atoms with Crippen LogP contribution in [0.5, 0.6) is 5.88 Å². The molecule has 0 spiro atoms. The molecule has 12 nitrogen and oxygen atoms in total. The molecular weight excluding hydrogens is 645 g/mol. The van der Waals surface area contributed by atoms with Crippen molar-refractivity contribution in [2.45, 2.75) is 122 Å². The van der Waals surface area contributed by atoms with E-state index in [2.05, 4.69) is 17.2 Å². The zero-order chi connectivity index (χ0) is 35.2. The Morgan fingerprint density at radius 2 is 1.43 bits per heavy atom. The van der Waals surface area contributed by atoms with Gasteiger partial charge in [-0.1, -0.05) is 79.6 Å². The Bertz CT molecular complexity index is 1680. The standard InChI is InChI=1S/C33H50N4O8S2/c1-7-12-15-25(10-4)22-44-46(40,41)27-17-18-30(47(42,43)45-23-26(11-5)16-13-8-2)29(20-27)35-36-31-24(6)28(21-34)32(38)37(33(31)39)19-14-9-3/h17-18,20,25-26,39H,7-16,19,22-23H2,1-6H3/b36-35+. The molecule has 0 fully saturated rings. The maximum atomic E-state index is 13.5. The molecule has 0 aliphatic rings. The third-order valence-electron chi connectivity index (χ3n) is 8.25. The summed E-state index contributed by atoms with van der Waals surface area (Å²) in [4.78, 5) is 12.1. The lowest BCUT2D eigenvalue weighted by molar-refractivity contribution is 0.237. The van der Waals surface area contributed by atoms with Crippen LogP contribution in [0.2, 0.25) is 0 Å². The topological polar surface area (TPSA) is 177 Å². The maximum absolute atomic E-state index is 13.5. The molecule has 47 heavy (non-hydrogen) atoms. The molecule has 0 aliphatic heterocycles. The van der Waals surface area contributed by atoms with E-state index in [4.69, 9.17) is 8.37 Å². The lowest BCUT2D eigenvalue weighted by Crippen LogP contribution is -2.24. The van der Waals surface area contributed by atoms with Crippen LogP contribution in [-0.2, 0) is 35.1 Å². The van der Waals surface area contributed by atoms with Crippen LogP contribution in [-0.4, -0.2) is 39.7 Å². The lowest BCUT2D eigenvalue weighted by atomic mass is 10.0. The molecule has 1 N–H and O–H groups in total. The molecule has 0 saturated heterocycles. The van der Waals surface area contributed by atoms with Gasteiger partial charge in [-0.3, -0.25) is 17.7 Å². The van der Waals surface area contributed by atoms with E-state index in [1.165, 1.54) is 6.92 Å². The molecular formula is C33H50N4O8S2. The molecule has 262 valence electrons. The number of benzene rings is 1. The molecule has 0 bridgehead atoms. The van der Waals surface area contributed by atoms with Crippen LogP contribution < -0.4 is 5.56 Å². The van der Waals surface area contributed by atoms with Gasteiger partial charge in [0.05, 0.1) is 18.1 Å². The molecule has 0 saturated carbocycles. The number of nitriles is 1. The van der Waals surface area contributed by atoms with E-state index < -0.39 is 36.6 Å². The number of aromatic nitrogens is 1. The quantitative estimate of drug-likeness (QED) is 0.101. The van der Waals surface area contributed by atoms with E-state index in [-0.39, 0.29) is 59.0 Å². The first kappa shape index (κ1) is 40.1. The number of nitrogens with zero attached hydrogens (tertiary/aromatic N) is 4. The molecule has 2 atom stereocenters. The van der Waals surface area contributed by atoms with Crippen molar-refractivity contribution >= 4 is 31.6 Å². The number of aromatic hydroxyl groups is 1. The monoisotopic (exact) mass is 694 g/mol. The van der Waals surface area contributed by atoms with Crippen LogP contribution in [0.25, 0.3) is 0 Å². The Labute approximate surface area is 280 Å². The minimum atomic E-state index is -4.45. The van der Waals surface area contributed by atoms with Crippen LogP contribution >= 0.6 is 0 Å². The van der Waals surface area contributed by atoms with Gasteiger partial charge in [-0.2, -0.15) is 22.1 Å². The van der Waals surface area contributed by atoms with Crippen molar-refractivity contribution in [3.63, 3.8) is 0 Å². The highest BCUT2D eigenvalue weighted by Crippen LogP contribution is 2.36. The zero-order valence-corrected chi connectivity index (χ0v) is 30.1. The molecule has 1 heterocycles. The normalized spacial score (nSPS) is 13.6. The van der Waals surface area contributed by atoms with Crippen molar-refractivity contribution in [2.24, 2.45) is 22.1 Å². The van der Waals surface area contributed by atoms with Gasteiger partial charge in [0, 0.05) is 12.1 Å². The largest absolute Gasteiger partial charge is 0.493 e.